The number of urea groups is 1. The number of benzene rings is 1. The molecule has 1 N–H and O–H groups in total. The minimum atomic E-state index is -0.0842. The zero-order valence-corrected chi connectivity index (χ0v) is 13.2. The number of nitrogens with zero attached hydrogens (tertiary/aromatic N) is 3. The quantitative estimate of drug-likeness (QED) is 0.782. The summed E-state index contributed by atoms with van der Waals surface area (Å²) in [5, 5.41) is 2.87. The summed E-state index contributed by atoms with van der Waals surface area (Å²) in [4.78, 5) is 22.7. The molecule has 2 amide bonds. The highest BCUT2D eigenvalue weighted by molar-refractivity contribution is 5.89. The highest BCUT2D eigenvalue weighted by atomic mass is 16.3. The molecule has 3 aromatic rings. The van der Waals surface area contributed by atoms with Gasteiger partial charge >= 0.3 is 6.03 Å². The molecule has 1 fully saturated rings. The van der Waals surface area contributed by atoms with Crippen LogP contribution in [0.1, 0.15) is 24.7 Å². The Kier molecular flexibility index (Phi) is 3.86. The van der Waals surface area contributed by atoms with E-state index in [-0.39, 0.29) is 11.9 Å². The maximum atomic E-state index is 12.3. The molecule has 4 rings (SSSR count). The molecule has 0 unspecified atom stereocenters. The number of hydrogen-bond acceptors (Lipinski definition) is 4. The third-order valence-electron chi connectivity index (χ3n) is 4.35. The highest BCUT2D eigenvalue weighted by Gasteiger charge is 2.27. The number of carbonyl (C=O) groups is 1. The summed E-state index contributed by atoms with van der Waals surface area (Å²) in [6.07, 6.45) is 5.03. The Hall–Kier alpha value is -2.89. The van der Waals surface area contributed by atoms with Crippen molar-refractivity contribution in [3.63, 3.8) is 0 Å². The van der Waals surface area contributed by atoms with E-state index in [1.54, 1.807) is 18.5 Å². The molecule has 0 saturated carbocycles. The lowest BCUT2D eigenvalue weighted by atomic mass is 9.97. The lowest BCUT2D eigenvalue weighted by Gasteiger charge is -2.30. The summed E-state index contributed by atoms with van der Waals surface area (Å²) in [6.45, 7) is 1.38. The Bertz CT molecular complexity index is 805. The number of rotatable bonds is 2. The molecule has 2 aromatic heterocycles. The van der Waals surface area contributed by atoms with Gasteiger partial charge in [0.1, 0.15) is 5.52 Å². The van der Waals surface area contributed by atoms with E-state index in [1.165, 1.54) is 0 Å². The molecule has 1 aromatic carbocycles. The second-order valence-electron chi connectivity index (χ2n) is 5.95. The van der Waals surface area contributed by atoms with Crippen LogP contribution in [0, 0.1) is 0 Å². The van der Waals surface area contributed by atoms with Crippen molar-refractivity contribution in [2.24, 2.45) is 0 Å². The van der Waals surface area contributed by atoms with Crippen molar-refractivity contribution in [2.75, 3.05) is 18.4 Å². The molecule has 1 aliphatic heterocycles. The normalized spacial score (nSPS) is 15.6. The van der Waals surface area contributed by atoms with Crippen LogP contribution in [0.2, 0.25) is 0 Å². The van der Waals surface area contributed by atoms with Gasteiger partial charge in [-0.25, -0.2) is 9.78 Å². The lowest BCUT2D eigenvalue weighted by Crippen LogP contribution is -2.40. The van der Waals surface area contributed by atoms with Crippen LogP contribution in [0.5, 0.6) is 0 Å². The van der Waals surface area contributed by atoms with Crippen molar-refractivity contribution in [1.82, 2.24) is 14.9 Å². The number of pyridine rings is 1. The van der Waals surface area contributed by atoms with Crippen LogP contribution in [0.3, 0.4) is 0 Å². The maximum absolute atomic E-state index is 12.3. The number of hydrogen-bond donors (Lipinski definition) is 1. The molecule has 24 heavy (non-hydrogen) atoms. The summed E-state index contributed by atoms with van der Waals surface area (Å²) in [5.74, 6) is 1.04. The number of fused-ring (bicyclic) bond motifs is 1. The Morgan fingerprint density at radius 3 is 2.75 bits per heavy atom. The molecule has 1 saturated heterocycles. The van der Waals surface area contributed by atoms with Crippen molar-refractivity contribution in [2.45, 2.75) is 18.8 Å². The van der Waals surface area contributed by atoms with Crippen LogP contribution in [0.25, 0.3) is 11.1 Å². The second kappa shape index (κ2) is 6.31. The monoisotopic (exact) mass is 322 g/mol. The molecular formula is C18H18N4O2. The first kappa shape index (κ1) is 14.7. The number of para-hydroxylation sites is 2. The fourth-order valence-corrected chi connectivity index (χ4v) is 3.03. The lowest BCUT2D eigenvalue weighted by molar-refractivity contribution is 0.190. The van der Waals surface area contributed by atoms with Gasteiger partial charge in [-0.05, 0) is 37.1 Å². The van der Waals surface area contributed by atoms with Crippen LogP contribution in [0.4, 0.5) is 10.5 Å². The first-order chi connectivity index (χ1) is 11.8. The van der Waals surface area contributed by atoms with E-state index in [0.29, 0.717) is 18.8 Å². The van der Waals surface area contributed by atoms with Gasteiger partial charge in [-0.2, -0.15) is 0 Å². The molecule has 0 radical (unpaired) electrons. The summed E-state index contributed by atoms with van der Waals surface area (Å²) >= 11 is 0. The Labute approximate surface area is 139 Å². The number of amides is 2. The average molecular weight is 322 g/mol. The first-order valence-electron chi connectivity index (χ1n) is 8.11. The largest absolute Gasteiger partial charge is 0.440 e. The summed E-state index contributed by atoms with van der Waals surface area (Å²) in [5.41, 5.74) is 2.43. The SMILES string of the molecule is O=C(Nc1cccnc1)N1CCC(c2nc3ccccc3o2)CC1. The van der Waals surface area contributed by atoms with Crippen molar-refractivity contribution in [3.8, 4) is 0 Å². The topological polar surface area (TPSA) is 71.3 Å². The molecule has 6 heteroatoms. The van der Waals surface area contributed by atoms with E-state index >= 15 is 0 Å². The molecule has 0 spiro atoms. The van der Waals surface area contributed by atoms with E-state index < -0.39 is 0 Å². The van der Waals surface area contributed by atoms with Crippen LogP contribution in [-0.4, -0.2) is 34.0 Å². The fourth-order valence-electron chi connectivity index (χ4n) is 3.03. The van der Waals surface area contributed by atoms with Crippen LogP contribution in [-0.2, 0) is 0 Å². The van der Waals surface area contributed by atoms with E-state index in [1.807, 2.05) is 35.2 Å². The standard InChI is InChI=1S/C18H18N4O2/c23-18(20-14-4-3-9-19-12-14)22-10-7-13(8-11-22)17-21-15-5-1-2-6-16(15)24-17/h1-6,9,12-13H,7-8,10-11H2,(H,20,23). The van der Waals surface area contributed by atoms with Gasteiger partial charge in [0.25, 0.3) is 0 Å². The number of aromatic nitrogens is 2. The zero-order valence-electron chi connectivity index (χ0n) is 13.2. The van der Waals surface area contributed by atoms with Crippen LogP contribution < -0.4 is 5.32 Å². The number of piperidine rings is 1. The number of anilines is 1. The van der Waals surface area contributed by atoms with Gasteiger partial charge in [-0.15, -0.1) is 0 Å². The zero-order chi connectivity index (χ0) is 16.4. The van der Waals surface area contributed by atoms with Gasteiger partial charge in [-0.3, -0.25) is 4.98 Å². The second-order valence-corrected chi connectivity index (χ2v) is 5.95. The van der Waals surface area contributed by atoms with Crippen molar-refractivity contribution in [1.29, 1.82) is 0 Å². The van der Waals surface area contributed by atoms with Crippen molar-refractivity contribution in [3.05, 3.63) is 54.7 Å². The Balaban J connectivity index is 1.38. The van der Waals surface area contributed by atoms with Crippen LogP contribution in [0.15, 0.2) is 53.2 Å². The molecule has 0 bridgehead atoms. The third kappa shape index (κ3) is 2.95. The van der Waals surface area contributed by atoms with Gasteiger partial charge in [0.15, 0.2) is 11.5 Å². The fraction of sp³-hybridized carbons (Fsp3) is 0.278. The van der Waals surface area contributed by atoms with E-state index in [2.05, 4.69) is 15.3 Å². The van der Waals surface area contributed by atoms with Crippen LogP contribution >= 0.6 is 0 Å². The molecule has 122 valence electrons. The third-order valence-corrected chi connectivity index (χ3v) is 4.35. The molecule has 6 nitrogen and oxygen atoms in total. The predicted octanol–water partition coefficient (Wildman–Crippen LogP) is 3.63. The van der Waals surface area contributed by atoms with E-state index in [9.17, 15) is 4.79 Å². The molecule has 1 aliphatic rings. The molecule has 3 heterocycles. The molecule has 0 atom stereocenters. The Morgan fingerprint density at radius 1 is 1.17 bits per heavy atom. The predicted molar refractivity (Wildman–Crippen MR) is 90.8 cm³/mol. The van der Waals surface area contributed by atoms with Crippen molar-refractivity contribution >= 4 is 22.8 Å². The van der Waals surface area contributed by atoms with Gasteiger partial charge < -0.3 is 14.6 Å². The number of carbonyl (C=O) groups excluding carboxylic acids is 1. The average Bonchev–Trinajstić information content (AvgIpc) is 3.07. The summed E-state index contributed by atoms with van der Waals surface area (Å²) < 4.78 is 5.86. The number of likely N-dealkylation sites (tertiary alicyclic amines) is 1. The summed E-state index contributed by atoms with van der Waals surface area (Å²) in [7, 11) is 0. The Morgan fingerprint density at radius 2 is 2.00 bits per heavy atom. The van der Waals surface area contributed by atoms with E-state index in [0.717, 1.165) is 29.8 Å². The number of oxazole rings is 1. The van der Waals surface area contributed by atoms with Gasteiger partial charge in [0.05, 0.1) is 11.9 Å². The van der Waals surface area contributed by atoms with Gasteiger partial charge in [0.2, 0.25) is 0 Å². The minimum Gasteiger partial charge on any atom is -0.440 e. The van der Waals surface area contributed by atoms with Crippen molar-refractivity contribution < 1.29 is 9.21 Å². The van der Waals surface area contributed by atoms with Gasteiger partial charge in [0, 0.05) is 25.2 Å². The van der Waals surface area contributed by atoms with Gasteiger partial charge in [-0.1, -0.05) is 12.1 Å². The summed E-state index contributed by atoms with van der Waals surface area (Å²) in [6, 6.07) is 11.3. The minimum absolute atomic E-state index is 0.0842. The highest BCUT2D eigenvalue weighted by Crippen LogP contribution is 2.30. The maximum Gasteiger partial charge on any atom is 0.321 e. The molecular weight excluding hydrogens is 304 g/mol. The first-order valence-corrected chi connectivity index (χ1v) is 8.11. The van der Waals surface area contributed by atoms with E-state index in [4.69, 9.17) is 4.42 Å². The smallest absolute Gasteiger partial charge is 0.321 e. The number of nitrogens with one attached hydrogen (secondary N) is 1. The molecule has 0 aliphatic carbocycles.